The quantitative estimate of drug-likeness (QED) is 0.834. The van der Waals surface area contributed by atoms with E-state index >= 15 is 0 Å². The summed E-state index contributed by atoms with van der Waals surface area (Å²) in [6.07, 6.45) is 1.72. The van der Waals surface area contributed by atoms with Gasteiger partial charge in [-0.15, -0.1) is 0 Å². The second kappa shape index (κ2) is 5.27. The van der Waals surface area contributed by atoms with Gasteiger partial charge in [-0.1, -0.05) is 29.8 Å². The number of hydrogen-bond acceptors (Lipinski definition) is 2. The molecule has 0 aromatic heterocycles. The van der Waals surface area contributed by atoms with Crippen molar-refractivity contribution in [2.24, 2.45) is 4.99 Å². The van der Waals surface area contributed by atoms with Crippen molar-refractivity contribution in [3.8, 4) is 0 Å². The van der Waals surface area contributed by atoms with Crippen molar-refractivity contribution in [1.29, 1.82) is 0 Å². The van der Waals surface area contributed by atoms with Crippen LogP contribution in [0, 0.1) is 6.92 Å². The standard InChI is InChI=1S/C15H13NO2/c1-11-2-8-14(9-3-11)16-10-12-4-6-13(7-5-12)15(17)18/h2-10H,1H3,(H,17,18). The largest absolute Gasteiger partial charge is 0.478 e. The smallest absolute Gasteiger partial charge is 0.335 e. The van der Waals surface area contributed by atoms with Gasteiger partial charge in [0, 0.05) is 6.21 Å². The van der Waals surface area contributed by atoms with Crippen LogP contribution >= 0.6 is 0 Å². The van der Waals surface area contributed by atoms with Gasteiger partial charge in [0.2, 0.25) is 0 Å². The molecule has 2 aromatic rings. The molecule has 0 heterocycles. The molecule has 0 aliphatic heterocycles. The maximum absolute atomic E-state index is 10.7. The third-order valence-corrected chi connectivity index (χ3v) is 2.55. The van der Waals surface area contributed by atoms with E-state index in [4.69, 9.17) is 5.11 Å². The monoisotopic (exact) mass is 239 g/mol. The lowest BCUT2D eigenvalue weighted by atomic mass is 10.1. The minimum Gasteiger partial charge on any atom is -0.478 e. The Balaban J connectivity index is 2.13. The van der Waals surface area contributed by atoms with Crippen molar-refractivity contribution in [3.05, 3.63) is 65.2 Å². The second-order valence-corrected chi connectivity index (χ2v) is 4.02. The molecule has 3 heteroatoms. The topological polar surface area (TPSA) is 49.7 Å². The first-order valence-corrected chi connectivity index (χ1v) is 5.59. The highest BCUT2D eigenvalue weighted by Crippen LogP contribution is 2.12. The van der Waals surface area contributed by atoms with Crippen LogP contribution in [0.5, 0.6) is 0 Å². The summed E-state index contributed by atoms with van der Waals surface area (Å²) < 4.78 is 0. The molecule has 0 amide bonds. The van der Waals surface area contributed by atoms with E-state index in [0.29, 0.717) is 0 Å². The van der Waals surface area contributed by atoms with Crippen LogP contribution in [0.4, 0.5) is 5.69 Å². The van der Waals surface area contributed by atoms with E-state index in [0.717, 1.165) is 11.3 Å². The molecule has 3 nitrogen and oxygen atoms in total. The summed E-state index contributed by atoms with van der Waals surface area (Å²) in [5, 5.41) is 8.78. The molecule has 0 saturated carbocycles. The van der Waals surface area contributed by atoms with Gasteiger partial charge >= 0.3 is 5.97 Å². The van der Waals surface area contributed by atoms with E-state index in [-0.39, 0.29) is 5.56 Å². The Morgan fingerprint density at radius 2 is 1.67 bits per heavy atom. The number of carboxylic acids is 1. The predicted octanol–water partition coefficient (Wildman–Crippen LogP) is 3.44. The summed E-state index contributed by atoms with van der Waals surface area (Å²) >= 11 is 0. The van der Waals surface area contributed by atoms with Crippen molar-refractivity contribution >= 4 is 17.9 Å². The van der Waals surface area contributed by atoms with Gasteiger partial charge in [-0.2, -0.15) is 0 Å². The van der Waals surface area contributed by atoms with Crippen molar-refractivity contribution < 1.29 is 9.90 Å². The van der Waals surface area contributed by atoms with Gasteiger partial charge in [0.05, 0.1) is 11.3 Å². The lowest BCUT2D eigenvalue weighted by Gasteiger charge is -1.97. The number of hydrogen-bond donors (Lipinski definition) is 1. The number of nitrogens with zero attached hydrogens (tertiary/aromatic N) is 1. The Labute approximate surface area is 105 Å². The fourth-order valence-corrected chi connectivity index (χ4v) is 1.49. The van der Waals surface area contributed by atoms with E-state index < -0.39 is 5.97 Å². The van der Waals surface area contributed by atoms with Gasteiger partial charge in [-0.05, 0) is 36.8 Å². The van der Waals surface area contributed by atoms with Gasteiger partial charge in [0.25, 0.3) is 0 Å². The molecule has 0 unspecified atom stereocenters. The fraction of sp³-hybridized carbons (Fsp3) is 0.0667. The molecular formula is C15H13NO2. The Morgan fingerprint density at radius 1 is 1.06 bits per heavy atom. The van der Waals surface area contributed by atoms with Crippen LogP contribution in [0.15, 0.2) is 53.5 Å². The van der Waals surface area contributed by atoms with E-state index in [1.54, 1.807) is 30.5 Å². The van der Waals surface area contributed by atoms with Gasteiger partial charge in [-0.3, -0.25) is 4.99 Å². The third kappa shape index (κ3) is 3.04. The highest BCUT2D eigenvalue weighted by molar-refractivity contribution is 5.89. The summed E-state index contributed by atoms with van der Waals surface area (Å²) in [7, 11) is 0. The SMILES string of the molecule is Cc1ccc(N=Cc2ccc(C(=O)O)cc2)cc1. The van der Waals surface area contributed by atoms with E-state index in [2.05, 4.69) is 4.99 Å². The highest BCUT2D eigenvalue weighted by Gasteiger charge is 2.00. The Kier molecular flexibility index (Phi) is 3.53. The Morgan fingerprint density at radius 3 is 2.22 bits per heavy atom. The number of carbonyl (C=O) groups is 1. The van der Waals surface area contributed by atoms with Gasteiger partial charge in [0.1, 0.15) is 0 Å². The molecule has 0 radical (unpaired) electrons. The average Bonchev–Trinajstić information content (AvgIpc) is 2.38. The molecule has 0 atom stereocenters. The fourth-order valence-electron chi connectivity index (χ4n) is 1.49. The summed E-state index contributed by atoms with van der Waals surface area (Å²) in [5.74, 6) is -0.919. The lowest BCUT2D eigenvalue weighted by Crippen LogP contribution is -1.95. The molecule has 18 heavy (non-hydrogen) atoms. The molecule has 1 N–H and O–H groups in total. The minimum absolute atomic E-state index is 0.280. The zero-order valence-corrected chi connectivity index (χ0v) is 10.00. The minimum atomic E-state index is -0.919. The zero-order chi connectivity index (χ0) is 13.0. The molecule has 0 fully saturated rings. The summed E-state index contributed by atoms with van der Waals surface area (Å²) in [5.41, 5.74) is 3.23. The normalized spacial score (nSPS) is 10.7. The predicted molar refractivity (Wildman–Crippen MR) is 71.8 cm³/mol. The third-order valence-electron chi connectivity index (χ3n) is 2.55. The number of rotatable bonds is 3. The van der Waals surface area contributed by atoms with Crippen molar-refractivity contribution in [2.45, 2.75) is 6.92 Å². The van der Waals surface area contributed by atoms with Crippen LogP contribution in [0.3, 0.4) is 0 Å². The van der Waals surface area contributed by atoms with Crippen LogP contribution in [0.1, 0.15) is 21.5 Å². The van der Waals surface area contributed by atoms with Crippen molar-refractivity contribution in [3.63, 3.8) is 0 Å². The highest BCUT2D eigenvalue weighted by atomic mass is 16.4. The van der Waals surface area contributed by atoms with E-state index in [1.807, 2.05) is 31.2 Å². The molecule has 90 valence electrons. The second-order valence-electron chi connectivity index (χ2n) is 4.02. The number of carboxylic acid groups (broad SMARTS) is 1. The Hall–Kier alpha value is -2.42. The Bertz CT molecular complexity index is 568. The van der Waals surface area contributed by atoms with Gasteiger partial charge < -0.3 is 5.11 Å². The first-order chi connectivity index (χ1) is 8.65. The molecule has 0 aliphatic carbocycles. The lowest BCUT2D eigenvalue weighted by molar-refractivity contribution is 0.0697. The summed E-state index contributed by atoms with van der Waals surface area (Å²) in [4.78, 5) is 15.0. The molecule has 2 aromatic carbocycles. The van der Waals surface area contributed by atoms with Crippen LogP contribution in [0.25, 0.3) is 0 Å². The maximum Gasteiger partial charge on any atom is 0.335 e. The van der Waals surface area contributed by atoms with Gasteiger partial charge in [0.15, 0.2) is 0 Å². The van der Waals surface area contributed by atoms with Crippen LogP contribution in [-0.4, -0.2) is 17.3 Å². The van der Waals surface area contributed by atoms with E-state index in [9.17, 15) is 4.79 Å². The van der Waals surface area contributed by atoms with E-state index in [1.165, 1.54) is 5.56 Å². The number of aliphatic imine (C=N–C) groups is 1. The molecule has 0 bridgehead atoms. The molecule has 0 saturated heterocycles. The number of aromatic carboxylic acids is 1. The van der Waals surface area contributed by atoms with Crippen LogP contribution in [0.2, 0.25) is 0 Å². The molecule has 0 aliphatic rings. The summed E-state index contributed by atoms with van der Waals surface area (Å²) in [6.45, 7) is 2.03. The zero-order valence-electron chi connectivity index (χ0n) is 10.00. The number of benzene rings is 2. The number of aryl methyl sites for hydroxylation is 1. The summed E-state index contributed by atoms with van der Waals surface area (Å²) in [6, 6.07) is 14.5. The first-order valence-electron chi connectivity index (χ1n) is 5.59. The molecular weight excluding hydrogens is 226 g/mol. The maximum atomic E-state index is 10.7. The first kappa shape index (κ1) is 12.0. The van der Waals surface area contributed by atoms with Gasteiger partial charge in [-0.25, -0.2) is 4.79 Å². The van der Waals surface area contributed by atoms with Crippen molar-refractivity contribution in [1.82, 2.24) is 0 Å². The average molecular weight is 239 g/mol. The van der Waals surface area contributed by atoms with Crippen molar-refractivity contribution in [2.75, 3.05) is 0 Å². The molecule has 0 spiro atoms. The van der Waals surface area contributed by atoms with Crippen LogP contribution < -0.4 is 0 Å². The molecule has 2 rings (SSSR count). The van der Waals surface area contributed by atoms with Crippen LogP contribution in [-0.2, 0) is 0 Å².